The zero-order valence-electron chi connectivity index (χ0n) is 14.6. The van der Waals surface area contributed by atoms with Crippen LogP contribution in [-0.4, -0.2) is 67.3 Å². The fraction of sp³-hybridized carbons (Fsp3) is 0.412. The number of benzene rings is 1. The van der Waals surface area contributed by atoms with Gasteiger partial charge in [0.05, 0.1) is 23.4 Å². The van der Waals surface area contributed by atoms with Gasteiger partial charge in [-0.15, -0.1) is 0 Å². The lowest BCUT2D eigenvalue weighted by Crippen LogP contribution is -2.41. The van der Waals surface area contributed by atoms with E-state index in [1.807, 2.05) is 0 Å². The van der Waals surface area contributed by atoms with E-state index in [2.05, 4.69) is 10.1 Å². The maximum Gasteiger partial charge on any atom is 0.337 e. The number of rotatable bonds is 5. The van der Waals surface area contributed by atoms with E-state index < -0.39 is 17.8 Å². The van der Waals surface area contributed by atoms with Gasteiger partial charge in [0, 0.05) is 33.1 Å². The van der Waals surface area contributed by atoms with Crippen LogP contribution in [0.1, 0.15) is 23.2 Å². The molecule has 8 nitrogen and oxygen atoms in total. The van der Waals surface area contributed by atoms with E-state index in [1.54, 1.807) is 4.90 Å². The zero-order chi connectivity index (χ0) is 19.3. The van der Waals surface area contributed by atoms with Gasteiger partial charge in [0.2, 0.25) is 5.91 Å². The molecule has 1 aromatic carbocycles. The van der Waals surface area contributed by atoms with Crippen molar-refractivity contribution in [1.82, 2.24) is 9.80 Å². The molecule has 0 spiro atoms. The van der Waals surface area contributed by atoms with Gasteiger partial charge in [-0.05, 0) is 24.6 Å². The van der Waals surface area contributed by atoms with Gasteiger partial charge in [-0.3, -0.25) is 14.4 Å². The molecule has 0 bridgehead atoms. The van der Waals surface area contributed by atoms with Gasteiger partial charge in [-0.25, -0.2) is 4.79 Å². The minimum Gasteiger partial charge on any atom is -0.465 e. The summed E-state index contributed by atoms with van der Waals surface area (Å²) < 4.78 is 4.61. The van der Waals surface area contributed by atoms with Gasteiger partial charge in [0.1, 0.15) is 0 Å². The van der Waals surface area contributed by atoms with Crippen LogP contribution in [0.4, 0.5) is 5.69 Å². The summed E-state index contributed by atoms with van der Waals surface area (Å²) in [5.74, 6) is -2.18. The molecule has 1 heterocycles. The van der Waals surface area contributed by atoms with E-state index in [4.69, 9.17) is 11.6 Å². The summed E-state index contributed by atoms with van der Waals surface area (Å²) >= 11 is 6.00. The highest BCUT2D eigenvalue weighted by Crippen LogP contribution is 2.23. The van der Waals surface area contributed by atoms with Crippen molar-refractivity contribution in [2.75, 3.05) is 39.1 Å². The monoisotopic (exact) mass is 381 g/mol. The van der Waals surface area contributed by atoms with Crippen LogP contribution in [-0.2, 0) is 19.1 Å². The van der Waals surface area contributed by atoms with Crippen molar-refractivity contribution in [1.29, 1.82) is 0 Å². The summed E-state index contributed by atoms with van der Waals surface area (Å²) in [5.41, 5.74) is 0.330. The summed E-state index contributed by atoms with van der Waals surface area (Å²) in [6.45, 7) is 1.30. The Kier molecular flexibility index (Phi) is 6.57. The standard InChI is InChI=1S/C17H20ClN3O5/c1-20(8-9-21-7-3-4-14(21)22)16(24)15(23)19-13-10-11(17(25)26-2)5-6-12(13)18/h5-6,10H,3-4,7-9H2,1-2H3,(H,19,23). The smallest absolute Gasteiger partial charge is 0.337 e. The van der Waals surface area contributed by atoms with E-state index in [0.29, 0.717) is 19.5 Å². The van der Waals surface area contributed by atoms with Crippen LogP contribution in [0.3, 0.4) is 0 Å². The molecule has 1 saturated heterocycles. The van der Waals surface area contributed by atoms with Crippen molar-refractivity contribution >= 4 is 41.0 Å². The van der Waals surface area contributed by atoms with E-state index in [-0.39, 0.29) is 28.7 Å². The lowest BCUT2D eigenvalue weighted by atomic mass is 10.2. The highest BCUT2D eigenvalue weighted by molar-refractivity contribution is 6.41. The molecule has 140 valence electrons. The molecule has 0 radical (unpaired) electrons. The Morgan fingerprint density at radius 3 is 2.69 bits per heavy atom. The van der Waals surface area contributed by atoms with Crippen LogP contribution in [0.2, 0.25) is 5.02 Å². The lowest BCUT2D eigenvalue weighted by molar-refractivity contribution is -0.142. The van der Waals surface area contributed by atoms with Gasteiger partial charge in [-0.1, -0.05) is 11.6 Å². The van der Waals surface area contributed by atoms with Crippen LogP contribution in [0.25, 0.3) is 0 Å². The number of anilines is 1. The van der Waals surface area contributed by atoms with E-state index in [1.165, 1.54) is 37.3 Å². The summed E-state index contributed by atoms with van der Waals surface area (Å²) in [7, 11) is 2.72. The molecule has 1 fully saturated rings. The highest BCUT2D eigenvalue weighted by Gasteiger charge is 2.24. The maximum absolute atomic E-state index is 12.2. The van der Waals surface area contributed by atoms with Crippen molar-refractivity contribution in [2.24, 2.45) is 0 Å². The Morgan fingerprint density at radius 2 is 2.08 bits per heavy atom. The van der Waals surface area contributed by atoms with Crippen LogP contribution < -0.4 is 5.32 Å². The number of hydrogen-bond donors (Lipinski definition) is 1. The first kappa shape index (κ1) is 19.7. The molecule has 1 N–H and O–H groups in total. The predicted molar refractivity (Wildman–Crippen MR) is 94.9 cm³/mol. The van der Waals surface area contributed by atoms with Crippen LogP contribution >= 0.6 is 11.6 Å². The Morgan fingerprint density at radius 1 is 1.35 bits per heavy atom. The van der Waals surface area contributed by atoms with Gasteiger partial charge in [0.15, 0.2) is 0 Å². The van der Waals surface area contributed by atoms with Crippen LogP contribution in [0.15, 0.2) is 18.2 Å². The third kappa shape index (κ3) is 4.72. The fourth-order valence-corrected chi connectivity index (χ4v) is 2.69. The second-order valence-electron chi connectivity index (χ2n) is 5.85. The predicted octanol–water partition coefficient (Wildman–Crippen LogP) is 1.15. The number of amides is 3. The van der Waals surface area contributed by atoms with Gasteiger partial charge < -0.3 is 19.9 Å². The van der Waals surface area contributed by atoms with E-state index in [9.17, 15) is 19.2 Å². The molecule has 2 rings (SSSR count). The fourth-order valence-electron chi connectivity index (χ4n) is 2.53. The lowest BCUT2D eigenvalue weighted by Gasteiger charge is -2.21. The SMILES string of the molecule is COC(=O)c1ccc(Cl)c(NC(=O)C(=O)N(C)CCN2CCCC2=O)c1. The molecule has 1 aliphatic rings. The van der Waals surface area contributed by atoms with Gasteiger partial charge in [0.25, 0.3) is 0 Å². The number of ether oxygens (including phenoxy) is 1. The van der Waals surface area contributed by atoms with Crippen molar-refractivity contribution in [3.8, 4) is 0 Å². The number of likely N-dealkylation sites (N-methyl/N-ethyl adjacent to an activating group) is 1. The zero-order valence-corrected chi connectivity index (χ0v) is 15.3. The number of nitrogens with zero attached hydrogens (tertiary/aromatic N) is 2. The summed E-state index contributed by atoms with van der Waals surface area (Å²) in [4.78, 5) is 50.4. The Balaban J connectivity index is 1.96. The number of esters is 1. The Hall–Kier alpha value is -2.61. The van der Waals surface area contributed by atoms with Crippen molar-refractivity contribution in [3.05, 3.63) is 28.8 Å². The van der Waals surface area contributed by atoms with E-state index >= 15 is 0 Å². The molecule has 9 heteroatoms. The average molecular weight is 382 g/mol. The molecule has 1 aromatic rings. The molecule has 0 aliphatic carbocycles. The number of halogens is 1. The first-order valence-electron chi connectivity index (χ1n) is 8.05. The average Bonchev–Trinajstić information content (AvgIpc) is 3.04. The summed E-state index contributed by atoms with van der Waals surface area (Å²) in [6, 6.07) is 4.21. The minimum atomic E-state index is -0.885. The minimum absolute atomic E-state index is 0.0571. The molecule has 1 aliphatic heterocycles. The molecule has 26 heavy (non-hydrogen) atoms. The Labute approximate surface area is 156 Å². The molecule has 0 unspecified atom stereocenters. The Bertz CT molecular complexity index is 737. The number of nitrogens with one attached hydrogen (secondary N) is 1. The van der Waals surface area contributed by atoms with Crippen LogP contribution in [0, 0.1) is 0 Å². The second kappa shape index (κ2) is 8.66. The van der Waals surface area contributed by atoms with Gasteiger partial charge >= 0.3 is 17.8 Å². The first-order valence-corrected chi connectivity index (χ1v) is 8.43. The van der Waals surface area contributed by atoms with E-state index in [0.717, 1.165) is 6.42 Å². The maximum atomic E-state index is 12.2. The van der Waals surface area contributed by atoms with Crippen molar-refractivity contribution < 1.29 is 23.9 Å². The number of carbonyl (C=O) groups excluding carboxylic acids is 4. The summed E-state index contributed by atoms with van der Waals surface area (Å²) in [6.07, 6.45) is 1.33. The topological polar surface area (TPSA) is 96.0 Å². The third-order valence-electron chi connectivity index (χ3n) is 4.05. The molecular weight excluding hydrogens is 362 g/mol. The number of methoxy groups -OCH3 is 1. The third-order valence-corrected chi connectivity index (χ3v) is 4.38. The molecular formula is C17H20ClN3O5. The number of hydrogen-bond acceptors (Lipinski definition) is 5. The normalized spacial score (nSPS) is 13.5. The first-order chi connectivity index (χ1) is 12.3. The molecule has 0 atom stereocenters. The number of likely N-dealkylation sites (tertiary alicyclic amines) is 1. The number of carbonyl (C=O) groups is 4. The molecule has 0 saturated carbocycles. The quantitative estimate of drug-likeness (QED) is 0.609. The second-order valence-corrected chi connectivity index (χ2v) is 6.26. The highest BCUT2D eigenvalue weighted by atomic mass is 35.5. The molecule has 3 amide bonds. The molecule has 0 aromatic heterocycles. The van der Waals surface area contributed by atoms with Crippen LogP contribution in [0.5, 0.6) is 0 Å². The van der Waals surface area contributed by atoms with Gasteiger partial charge in [-0.2, -0.15) is 0 Å². The summed E-state index contributed by atoms with van der Waals surface area (Å²) in [5, 5.41) is 2.58. The largest absolute Gasteiger partial charge is 0.465 e. The van der Waals surface area contributed by atoms with Crippen molar-refractivity contribution in [2.45, 2.75) is 12.8 Å². The van der Waals surface area contributed by atoms with Crippen molar-refractivity contribution in [3.63, 3.8) is 0 Å².